The minimum atomic E-state index is -1.48. The molecule has 0 aliphatic rings. The van der Waals surface area contributed by atoms with Crippen LogP contribution in [-0.2, 0) is 44.7 Å². The highest BCUT2D eigenvalue weighted by Gasteiger charge is 2.39. The van der Waals surface area contributed by atoms with Crippen molar-refractivity contribution in [1.82, 2.24) is 9.55 Å². The SMILES string of the molecule is CC(=O)OC[C@@H](OC(C)=O)[C@@H](OC(C)=O)[C@H](Cn1c(=O)c(C(C)=O)nc2cc(C)c(C)cc21)OC(C)=O. The van der Waals surface area contributed by atoms with Gasteiger partial charge in [-0.25, -0.2) is 4.98 Å². The second-order valence-corrected chi connectivity index (χ2v) is 8.53. The summed E-state index contributed by atoms with van der Waals surface area (Å²) in [7, 11) is 0. The van der Waals surface area contributed by atoms with Crippen LogP contribution in [0.25, 0.3) is 11.0 Å². The van der Waals surface area contributed by atoms with Gasteiger partial charge in [0.1, 0.15) is 6.61 Å². The summed E-state index contributed by atoms with van der Waals surface area (Å²) < 4.78 is 22.2. The van der Waals surface area contributed by atoms with Gasteiger partial charge in [-0.1, -0.05) is 0 Å². The number of aryl methyl sites for hydroxylation is 2. The molecule has 3 atom stereocenters. The fourth-order valence-electron chi connectivity index (χ4n) is 3.70. The first-order valence-corrected chi connectivity index (χ1v) is 11.4. The highest BCUT2D eigenvalue weighted by Crippen LogP contribution is 2.21. The minimum Gasteiger partial charge on any atom is -0.462 e. The predicted octanol–water partition coefficient (Wildman–Crippen LogP) is 1.57. The fourth-order valence-corrected chi connectivity index (χ4v) is 3.70. The van der Waals surface area contributed by atoms with Crippen LogP contribution in [0, 0.1) is 13.8 Å². The van der Waals surface area contributed by atoms with Gasteiger partial charge in [-0.3, -0.25) is 28.8 Å². The molecule has 12 heteroatoms. The Kier molecular flexibility index (Phi) is 9.64. The third kappa shape index (κ3) is 7.69. The Morgan fingerprint density at radius 3 is 1.86 bits per heavy atom. The molecule has 0 saturated carbocycles. The Hall–Kier alpha value is -4.09. The fraction of sp³-hybridized carbons (Fsp3) is 0.480. The molecular formula is C25H30N2O10. The smallest absolute Gasteiger partial charge is 0.303 e. The van der Waals surface area contributed by atoms with E-state index in [9.17, 15) is 28.8 Å². The number of Topliss-reactive ketones (excluding diaryl/α,β-unsaturated/α-hetero) is 1. The van der Waals surface area contributed by atoms with E-state index in [1.54, 1.807) is 12.1 Å². The average molecular weight is 519 g/mol. The quantitative estimate of drug-likeness (QED) is 0.255. The zero-order valence-electron chi connectivity index (χ0n) is 21.8. The molecule has 1 heterocycles. The molecule has 0 aliphatic carbocycles. The topological polar surface area (TPSA) is 157 Å². The molecule has 2 aromatic rings. The molecule has 200 valence electrons. The van der Waals surface area contributed by atoms with Crippen molar-refractivity contribution in [3.63, 3.8) is 0 Å². The lowest BCUT2D eigenvalue weighted by Crippen LogP contribution is -2.50. The van der Waals surface area contributed by atoms with E-state index in [1.807, 2.05) is 13.8 Å². The lowest BCUT2D eigenvalue weighted by molar-refractivity contribution is -0.190. The van der Waals surface area contributed by atoms with Gasteiger partial charge in [0.2, 0.25) is 0 Å². The van der Waals surface area contributed by atoms with Gasteiger partial charge < -0.3 is 23.5 Å². The number of rotatable bonds is 10. The number of aromatic nitrogens is 2. The summed E-state index contributed by atoms with van der Waals surface area (Å²) in [6, 6.07) is 3.40. The van der Waals surface area contributed by atoms with Crippen LogP contribution in [0.1, 0.15) is 56.2 Å². The van der Waals surface area contributed by atoms with Crippen LogP contribution in [0.5, 0.6) is 0 Å². The van der Waals surface area contributed by atoms with Crippen molar-refractivity contribution in [1.29, 1.82) is 0 Å². The number of benzene rings is 1. The zero-order chi connectivity index (χ0) is 28.0. The summed E-state index contributed by atoms with van der Waals surface area (Å²) in [6.07, 6.45) is -4.26. The van der Waals surface area contributed by atoms with E-state index in [0.717, 1.165) is 38.8 Å². The van der Waals surface area contributed by atoms with Gasteiger partial charge in [0, 0.05) is 34.6 Å². The van der Waals surface area contributed by atoms with Crippen molar-refractivity contribution in [3.8, 4) is 0 Å². The molecule has 37 heavy (non-hydrogen) atoms. The van der Waals surface area contributed by atoms with E-state index >= 15 is 0 Å². The first-order chi connectivity index (χ1) is 17.2. The molecular weight excluding hydrogens is 488 g/mol. The normalized spacial score (nSPS) is 13.3. The monoisotopic (exact) mass is 518 g/mol. The van der Waals surface area contributed by atoms with Crippen LogP contribution in [-0.4, -0.2) is 64.1 Å². The number of hydrogen-bond acceptors (Lipinski definition) is 11. The van der Waals surface area contributed by atoms with Crippen LogP contribution >= 0.6 is 0 Å². The molecule has 0 unspecified atom stereocenters. The first kappa shape index (κ1) is 29.1. The molecule has 0 radical (unpaired) electrons. The summed E-state index contributed by atoms with van der Waals surface area (Å²) >= 11 is 0. The number of nitrogens with zero attached hydrogens (tertiary/aromatic N) is 2. The van der Waals surface area contributed by atoms with Crippen LogP contribution in [0.15, 0.2) is 16.9 Å². The van der Waals surface area contributed by atoms with Gasteiger partial charge in [-0.2, -0.15) is 0 Å². The van der Waals surface area contributed by atoms with Crippen molar-refractivity contribution in [2.45, 2.75) is 73.3 Å². The lowest BCUT2D eigenvalue weighted by atomic mass is 10.1. The largest absolute Gasteiger partial charge is 0.462 e. The maximum absolute atomic E-state index is 13.3. The van der Waals surface area contributed by atoms with Gasteiger partial charge in [-0.05, 0) is 37.1 Å². The number of ether oxygens (including phenoxy) is 4. The van der Waals surface area contributed by atoms with Crippen LogP contribution < -0.4 is 5.56 Å². The number of hydrogen-bond donors (Lipinski definition) is 0. The van der Waals surface area contributed by atoms with Crippen molar-refractivity contribution >= 4 is 40.7 Å². The Bertz CT molecular complexity index is 1300. The first-order valence-electron chi connectivity index (χ1n) is 11.4. The number of carbonyl (C=O) groups excluding carboxylic acids is 5. The second kappa shape index (κ2) is 12.2. The lowest BCUT2D eigenvalue weighted by Gasteiger charge is -2.32. The Labute approximate surface area is 212 Å². The molecule has 1 aromatic carbocycles. The Balaban J connectivity index is 2.75. The summed E-state index contributed by atoms with van der Waals surface area (Å²) in [6.45, 7) is 8.35. The summed E-state index contributed by atoms with van der Waals surface area (Å²) in [5, 5.41) is 0. The van der Waals surface area contributed by atoms with E-state index in [4.69, 9.17) is 18.9 Å². The highest BCUT2D eigenvalue weighted by atomic mass is 16.6. The third-order valence-electron chi connectivity index (χ3n) is 5.38. The van der Waals surface area contributed by atoms with E-state index in [0.29, 0.717) is 11.0 Å². The Morgan fingerprint density at radius 2 is 1.35 bits per heavy atom. The van der Waals surface area contributed by atoms with Crippen molar-refractivity contribution < 1.29 is 42.9 Å². The average Bonchev–Trinajstić information content (AvgIpc) is 2.76. The van der Waals surface area contributed by atoms with E-state index in [2.05, 4.69) is 4.98 Å². The van der Waals surface area contributed by atoms with Crippen LogP contribution in [0.4, 0.5) is 0 Å². The molecule has 0 bridgehead atoms. The summed E-state index contributed by atoms with van der Waals surface area (Å²) in [5.74, 6) is -3.66. The zero-order valence-corrected chi connectivity index (χ0v) is 21.8. The van der Waals surface area contributed by atoms with E-state index in [-0.39, 0.29) is 5.69 Å². The van der Waals surface area contributed by atoms with Crippen molar-refractivity contribution in [2.24, 2.45) is 0 Å². The summed E-state index contributed by atoms with van der Waals surface area (Å²) in [5.41, 5.74) is 1.27. The van der Waals surface area contributed by atoms with Gasteiger partial charge in [0.05, 0.1) is 17.6 Å². The molecule has 0 saturated heterocycles. The predicted molar refractivity (Wildman–Crippen MR) is 129 cm³/mol. The molecule has 12 nitrogen and oxygen atoms in total. The number of fused-ring (bicyclic) bond motifs is 1. The van der Waals surface area contributed by atoms with E-state index < -0.39 is 66.7 Å². The molecule has 0 fully saturated rings. The molecule has 0 spiro atoms. The standard InChI is InChI=1S/C25H30N2O10/c1-12-8-19-20(9-13(12)2)27(25(33)23(26-19)14(3)28)10-21(35-16(5)30)24(37-18(7)32)22(36-17(6)31)11-34-15(4)29/h8-9,21-22,24H,10-11H2,1-7H3/t21-,22+,24-/m0/s1. The number of ketones is 1. The summed E-state index contributed by atoms with van der Waals surface area (Å²) in [4.78, 5) is 77.0. The maximum atomic E-state index is 13.3. The molecule has 0 N–H and O–H groups in total. The molecule has 0 aliphatic heterocycles. The van der Waals surface area contributed by atoms with Gasteiger partial charge >= 0.3 is 23.9 Å². The Morgan fingerprint density at radius 1 is 0.811 bits per heavy atom. The highest BCUT2D eigenvalue weighted by molar-refractivity contribution is 5.93. The van der Waals surface area contributed by atoms with Gasteiger partial charge in [0.25, 0.3) is 5.56 Å². The molecule has 2 rings (SSSR count). The maximum Gasteiger partial charge on any atom is 0.303 e. The van der Waals surface area contributed by atoms with Crippen LogP contribution in [0.2, 0.25) is 0 Å². The van der Waals surface area contributed by atoms with Crippen molar-refractivity contribution in [2.75, 3.05) is 6.61 Å². The number of esters is 4. The second-order valence-electron chi connectivity index (χ2n) is 8.53. The number of carbonyl (C=O) groups is 5. The van der Waals surface area contributed by atoms with Gasteiger partial charge in [-0.15, -0.1) is 0 Å². The van der Waals surface area contributed by atoms with E-state index in [1.165, 1.54) is 11.5 Å². The third-order valence-corrected chi connectivity index (χ3v) is 5.38. The minimum absolute atomic E-state index is 0.334. The molecule has 0 amide bonds. The van der Waals surface area contributed by atoms with Crippen LogP contribution in [0.3, 0.4) is 0 Å². The van der Waals surface area contributed by atoms with Gasteiger partial charge in [0.15, 0.2) is 29.8 Å². The van der Waals surface area contributed by atoms with Crippen molar-refractivity contribution in [3.05, 3.63) is 39.3 Å². The molecule has 1 aromatic heterocycles.